The van der Waals surface area contributed by atoms with Gasteiger partial charge in [0.05, 0.1) is 0 Å². The Morgan fingerprint density at radius 1 is 1.00 bits per heavy atom. The SMILES string of the molecule is CCCO[Si](CCC)(OCC)c1ccc(O)cc1. The molecule has 1 rings (SSSR count). The van der Waals surface area contributed by atoms with Gasteiger partial charge in [0.25, 0.3) is 0 Å². The van der Waals surface area contributed by atoms with E-state index in [1.807, 2.05) is 19.1 Å². The van der Waals surface area contributed by atoms with Gasteiger partial charge in [-0.1, -0.05) is 32.4 Å². The van der Waals surface area contributed by atoms with Crippen molar-refractivity contribution in [1.82, 2.24) is 0 Å². The van der Waals surface area contributed by atoms with Gasteiger partial charge in [-0.15, -0.1) is 0 Å². The molecule has 0 aliphatic heterocycles. The van der Waals surface area contributed by atoms with Gasteiger partial charge in [0.1, 0.15) is 5.75 Å². The molecule has 0 aliphatic carbocycles. The van der Waals surface area contributed by atoms with Gasteiger partial charge in [-0.05, 0) is 36.7 Å². The van der Waals surface area contributed by atoms with Crippen LogP contribution in [0.15, 0.2) is 24.3 Å². The van der Waals surface area contributed by atoms with Crippen LogP contribution in [-0.4, -0.2) is 26.9 Å². The lowest BCUT2D eigenvalue weighted by Crippen LogP contribution is -2.53. The van der Waals surface area contributed by atoms with Crippen LogP contribution in [0.1, 0.15) is 33.6 Å². The van der Waals surface area contributed by atoms with Gasteiger partial charge >= 0.3 is 8.56 Å². The molecule has 102 valence electrons. The third-order valence-electron chi connectivity index (χ3n) is 2.80. The fourth-order valence-corrected chi connectivity index (χ4v) is 5.37. The first-order valence-corrected chi connectivity index (χ1v) is 8.78. The quantitative estimate of drug-likeness (QED) is 0.737. The van der Waals surface area contributed by atoms with Crippen molar-refractivity contribution in [3.8, 4) is 5.75 Å². The van der Waals surface area contributed by atoms with Crippen LogP contribution in [-0.2, 0) is 8.85 Å². The lowest BCUT2D eigenvalue weighted by atomic mass is 10.3. The fourth-order valence-electron chi connectivity index (χ4n) is 2.04. The average Bonchev–Trinajstić information content (AvgIpc) is 2.37. The smallest absolute Gasteiger partial charge is 0.372 e. The third kappa shape index (κ3) is 3.83. The second kappa shape index (κ2) is 7.56. The van der Waals surface area contributed by atoms with E-state index in [-0.39, 0.29) is 5.75 Å². The van der Waals surface area contributed by atoms with E-state index < -0.39 is 8.56 Å². The summed E-state index contributed by atoms with van der Waals surface area (Å²) in [5.74, 6) is 0.283. The van der Waals surface area contributed by atoms with Crippen LogP contribution in [0.25, 0.3) is 0 Å². The summed E-state index contributed by atoms with van der Waals surface area (Å²) in [7, 11) is -2.33. The Labute approximate surface area is 111 Å². The van der Waals surface area contributed by atoms with Gasteiger partial charge in [0.15, 0.2) is 0 Å². The van der Waals surface area contributed by atoms with Crippen molar-refractivity contribution >= 4 is 13.7 Å². The molecule has 0 aliphatic rings. The second-order valence-electron chi connectivity index (χ2n) is 4.33. The molecule has 0 radical (unpaired) electrons. The van der Waals surface area contributed by atoms with E-state index in [0.717, 1.165) is 30.7 Å². The minimum atomic E-state index is -2.33. The zero-order valence-electron chi connectivity index (χ0n) is 11.6. The summed E-state index contributed by atoms with van der Waals surface area (Å²) in [6, 6.07) is 8.23. The summed E-state index contributed by atoms with van der Waals surface area (Å²) >= 11 is 0. The molecule has 0 fully saturated rings. The second-order valence-corrected chi connectivity index (χ2v) is 7.49. The molecule has 1 aromatic carbocycles. The Morgan fingerprint density at radius 3 is 2.17 bits per heavy atom. The molecular weight excluding hydrogens is 244 g/mol. The number of rotatable bonds is 8. The minimum absolute atomic E-state index is 0.283. The van der Waals surface area contributed by atoms with E-state index in [4.69, 9.17) is 8.85 Å². The zero-order valence-corrected chi connectivity index (χ0v) is 12.6. The molecule has 1 unspecified atom stereocenters. The van der Waals surface area contributed by atoms with Crippen molar-refractivity contribution in [2.24, 2.45) is 0 Å². The van der Waals surface area contributed by atoms with Gasteiger partial charge < -0.3 is 14.0 Å². The topological polar surface area (TPSA) is 38.7 Å². The van der Waals surface area contributed by atoms with Crippen LogP contribution in [0.2, 0.25) is 6.04 Å². The van der Waals surface area contributed by atoms with Gasteiger partial charge in [-0.2, -0.15) is 0 Å². The Kier molecular flexibility index (Phi) is 6.39. The first-order valence-electron chi connectivity index (χ1n) is 6.76. The van der Waals surface area contributed by atoms with Gasteiger partial charge in [0.2, 0.25) is 0 Å². The van der Waals surface area contributed by atoms with Gasteiger partial charge in [0, 0.05) is 13.2 Å². The Morgan fingerprint density at radius 2 is 1.67 bits per heavy atom. The molecule has 0 saturated heterocycles. The van der Waals surface area contributed by atoms with Crippen LogP contribution in [0.5, 0.6) is 5.75 Å². The number of phenolic OH excluding ortho intramolecular Hbond substituents is 1. The maximum absolute atomic E-state index is 9.39. The van der Waals surface area contributed by atoms with Crippen molar-refractivity contribution in [2.75, 3.05) is 13.2 Å². The minimum Gasteiger partial charge on any atom is -0.508 e. The largest absolute Gasteiger partial charge is 0.508 e. The number of benzene rings is 1. The van der Waals surface area contributed by atoms with Crippen LogP contribution >= 0.6 is 0 Å². The first-order chi connectivity index (χ1) is 8.68. The zero-order chi connectivity index (χ0) is 13.4. The van der Waals surface area contributed by atoms with Crippen LogP contribution in [0.3, 0.4) is 0 Å². The molecule has 0 spiro atoms. The van der Waals surface area contributed by atoms with Gasteiger partial charge in [-0.25, -0.2) is 0 Å². The molecule has 1 N–H and O–H groups in total. The molecule has 1 atom stereocenters. The normalized spacial score (nSPS) is 14.4. The predicted octanol–water partition coefficient (Wildman–Crippen LogP) is 2.91. The molecule has 0 amide bonds. The lowest BCUT2D eigenvalue weighted by molar-refractivity contribution is 0.187. The maximum atomic E-state index is 9.39. The highest BCUT2D eigenvalue weighted by molar-refractivity contribution is 6.81. The van der Waals surface area contributed by atoms with Crippen LogP contribution < -0.4 is 5.19 Å². The van der Waals surface area contributed by atoms with Crippen molar-refractivity contribution in [1.29, 1.82) is 0 Å². The van der Waals surface area contributed by atoms with Crippen LogP contribution in [0.4, 0.5) is 0 Å². The molecule has 0 aromatic heterocycles. The standard InChI is InChI=1S/C14H24O3Si/c1-4-11-17-18(12-5-2,16-6-3)14-9-7-13(15)8-10-14/h7-10,15H,4-6,11-12H2,1-3H3. The lowest BCUT2D eigenvalue weighted by Gasteiger charge is -2.30. The highest BCUT2D eigenvalue weighted by atomic mass is 28.4. The average molecular weight is 268 g/mol. The number of hydrogen-bond donors (Lipinski definition) is 1. The Balaban J connectivity index is 3.01. The molecule has 0 saturated carbocycles. The van der Waals surface area contributed by atoms with E-state index in [0.29, 0.717) is 6.61 Å². The summed E-state index contributed by atoms with van der Waals surface area (Å²) in [6.07, 6.45) is 2.03. The summed E-state index contributed by atoms with van der Waals surface area (Å²) in [5, 5.41) is 10.5. The molecule has 4 heteroatoms. The monoisotopic (exact) mass is 268 g/mol. The highest BCUT2D eigenvalue weighted by Crippen LogP contribution is 2.18. The summed E-state index contributed by atoms with van der Waals surface area (Å²) < 4.78 is 12.2. The van der Waals surface area contributed by atoms with E-state index in [1.165, 1.54) is 0 Å². The number of aromatic hydroxyl groups is 1. The Bertz CT molecular complexity index is 331. The van der Waals surface area contributed by atoms with E-state index >= 15 is 0 Å². The molecule has 0 bridgehead atoms. The Hall–Kier alpha value is -0.843. The van der Waals surface area contributed by atoms with E-state index in [9.17, 15) is 5.11 Å². The van der Waals surface area contributed by atoms with Crippen molar-refractivity contribution < 1.29 is 14.0 Å². The number of phenols is 1. The van der Waals surface area contributed by atoms with Crippen LogP contribution in [0, 0.1) is 0 Å². The maximum Gasteiger partial charge on any atom is 0.372 e. The fraction of sp³-hybridized carbons (Fsp3) is 0.571. The highest BCUT2D eigenvalue weighted by Gasteiger charge is 2.38. The van der Waals surface area contributed by atoms with Crippen molar-refractivity contribution in [3.63, 3.8) is 0 Å². The van der Waals surface area contributed by atoms with E-state index in [1.54, 1.807) is 12.1 Å². The summed E-state index contributed by atoms with van der Waals surface area (Å²) in [5.41, 5.74) is 0. The molecule has 18 heavy (non-hydrogen) atoms. The van der Waals surface area contributed by atoms with Crippen molar-refractivity contribution in [3.05, 3.63) is 24.3 Å². The summed E-state index contributed by atoms with van der Waals surface area (Å²) in [6.45, 7) is 7.65. The van der Waals surface area contributed by atoms with Crippen molar-refractivity contribution in [2.45, 2.75) is 39.7 Å². The van der Waals surface area contributed by atoms with E-state index in [2.05, 4.69) is 13.8 Å². The number of hydrogen-bond acceptors (Lipinski definition) is 3. The molecule has 0 heterocycles. The molecule has 1 aromatic rings. The summed E-state index contributed by atoms with van der Waals surface area (Å²) in [4.78, 5) is 0. The third-order valence-corrected chi connectivity index (χ3v) is 6.60. The predicted molar refractivity (Wildman–Crippen MR) is 76.5 cm³/mol. The first kappa shape index (κ1) is 15.2. The molecular formula is C14H24O3Si. The van der Waals surface area contributed by atoms with Gasteiger partial charge in [-0.3, -0.25) is 0 Å². The molecule has 3 nitrogen and oxygen atoms in total.